The summed E-state index contributed by atoms with van der Waals surface area (Å²) in [4.78, 5) is 37.2. The SMILES string of the molecule is COc1cc([C@H]2CC[C@H](C)CN2C(=O)C(=O)Nc2cnc(N)c3cnn(COCC[Si](C)(C)C)c23)cnc1C. The highest BCUT2D eigenvalue weighted by atomic mass is 28.3. The van der Waals surface area contributed by atoms with Gasteiger partial charge in [0, 0.05) is 27.4 Å². The van der Waals surface area contributed by atoms with Gasteiger partial charge in [0.05, 0.1) is 47.8 Å². The quantitative estimate of drug-likeness (QED) is 0.243. The lowest BCUT2D eigenvalue weighted by atomic mass is 9.90. The molecule has 0 spiro atoms. The van der Waals surface area contributed by atoms with Crippen molar-refractivity contribution < 1.29 is 19.1 Å². The molecule has 39 heavy (non-hydrogen) atoms. The van der Waals surface area contributed by atoms with Gasteiger partial charge < -0.3 is 25.4 Å². The van der Waals surface area contributed by atoms with E-state index in [-0.39, 0.29) is 24.5 Å². The van der Waals surface area contributed by atoms with Crippen molar-refractivity contribution in [2.24, 2.45) is 5.92 Å². The van der Waals surface area contributed by atoms with Gasteiger partial charge in [-0.05, 0) is 43.4 Å². The number of nitrogens with zero attached hydrogens (tertiary/aromatic N) is 5. The van der Waals surface area contributed by atoms with Crippen LogP contribution in [-0.4, -0.2) is 64.8 Å². The predicted molar refractivity (Wildman–Crippen MR) is 153 cm³/mol. The number of piperidine rings is 1. The number of hydrogen-bond acceptors (Lipinski definition) is 8. The van der Waals surface area contributed by atoms with E-state index < -0.39 is 19.9 Å². The minimum atomic E-state index is -1.24. The van der Waals surface area contributed by atoms with Crippen LogP contribution >= 0.6 is 0 Å². The largest absolute Gasteiger partial charge is 0.495 e. The van der Waals surface area contributed by atoms with Crippen molar-refractivity contribution in [3.8, 4) is 5.75 Å². The van der Waals surface area contributed by atoms with Gasteiger partial charge in [-0.1, -0.05) is 26.6 Å². The van der Waals surface area contributed by atoms with Gasteiger partial charge in [-0.15, -0.1) is 0 Å². The maximum absolute atomic E-state index is 13.6. The zero-order valence-corrected chi connectivity index (χ0v) is 24.7. The van der Waals surface area contributed by atoms with Crippen LogP contribution in [0.1, 0.15) is 37.1 Å². The number of likely N-dealkylation sites (tertiary alicyclic amines) is 1. The van der Waals surface area contributed by atoms with E-state index in [1.807, 2.05) is 13.0 Å². The molecule has 4 rings (SSSR count). The molecule has 0 aromatic carbocycles. The Labute approximate surface area is 230 Å². The zero-order valence-electron chi connectivity index (χ0n) is 23.7. The molecule has 210 valence electrons. The van der Waals surface area contributed by atoms with E-state index in [1.165, 1.54) is 6.20 Å². The molecule has 4 heterocycles. The molecule has 1 aliphatic rings. The zero-order chi connectivity index (χ0) is 28.3. The molecule has 0 unspecified atom stereocenters. The highest BCUT2D eigenvalue weighted by Gasteiger charge is 2.35. The van der Waals surface area contributed by atoms with Crippen LogP contribution in [0.5, 0.6) is 5.75 Å². The van der Waals surface area contributed by atoms with Crippen LogP contribution in [0.25, 0.3) is 10.9 Å². The summed E-state index contributed by atoms with van der Waals surface area (Å²) in [6, 6.07) is 2.64. The van der Waals surface area contributed by atoms with Crippen molar-refractivity contribution in [2.75, 3.05) is 31.3 Å². The van der Waals surface area contributed by atoms with Gasteiger partial charge in [0.1, 0.15) is 18.3 Å². The molecule has 1 aliphatic heterocycles. The maximum Gasteiger partial charge on any atom is 0.314 e. The van der Waals surface area contributed by atoms with Gasteiger partial charge in [0.2, 0.25) is 0 Å². The molecule has 3 N–H and O–H groups in total. The van der Waals surface area contributed by atoms with Gasteiger partial charge in [0.25, 0.3) is 0 Å². The number of rotatable bonds is 8. The Hall–Kier alpha value is -3.51. The highest BCUT2D eigenvalue weighted by molar-refractivity contribution is 6.76. The van der Waals surface area contributed by atoms with Crippen molar-refractivity contribution in [2.45, 2.75) is 65.1 Å². The van der Waals surface area contributed by atoms with Gasteiger partial charge in [-0.2, -0.15) is 5.10 Å². The molecular formula is C27H39N7O4Si. The number of aryl methyl sites for hydroxylation is 1. The van der Waals surface area contributed by atoms with E-state index in [1.54, 1.807) is 29.1 Å². The minimum Gasteiger partial charge on any atom is -0.495 e. The lowest BCUT2D eigenvalue weighted by Crippen LogP contribution is -2.46. The molecule has 2 atom stereocenters. The van der Waals surface area contributed by atoms with Crippen LogP contribution in [0.4, 0.5) is 11.5 Å². The second-order valence-corrected chi connectivity index (χ2v) is 17.1. The minimum absolute atomic E-state index is 0.197. The third-order valence-electron chi connectivity index (χ3n) is 7.10. The van der Waals surface area contributed by atoms with Crippen LogP contribution < -0.4 is 15.8 Å². The number of carbonyl (C=O) groups is 2. The first-order chi connectivity index (χ1) is 18.5. The molecule has 11 nitrogen and oxygen atoms in total. The number of nitrogens with two attached hydrogens (primary N) is 1. The number of nitrogens with one attached hydrogen (secondary N) is 1. The molecule has 1 saturated heterocycles. The number of anilines is 2. The van der Waals surface area contributed by atoms with Crippen molar-refractivity contribution in [1.29, 1.82) is 0 Å². The van der Waals surface area contributed by atoms with Gasteiger partial charge in [-0.3, -0.25) is 14.6 Å². The van der Waals surface area contributed by atoms with Gasteiger partial charge in [-0.25, -0.2) is 9.67 Å². The lowest BCUT2D eigenvalue weighted by molar-refractivity contribution is -0.146. The molecule has 3 aromatic rings. The highest BCUT2D eigenvalue weighted by Crippen LogP contribution is 2.35. The molecule has 2 amide bonds. The van der Waals surface area contributed by atoms with Crippen LogP contribution in [0.2, 0.25) is 25.7 Å². The summed E-state index contributed by atoms with van der Waals surface area (Å²) in [5, 5.41) is 7.75. The average molecular weight is 554 g/mol. The standard InChI is InChI=1S/C27H39N7O4Si/c1-17-7-8-22(19-11-23(37-3)18(2)29-12-19)33(15-17)27(36)26(35)32-21-14-30-25(28)20-13-31-34(24(20)21)16-38-9-10-39(4,5)6/h11-14,17,22H,7-10,15-16H2,1-6H3,(H2,28,30)(H,32,35)/t17-,22+/m0/s1. The number of carbonyl (C=O) groups excluding carboxylic acids is 2. The molecule has 1 fully saturated rings. The Kier molecular flexibility index (Phi) is 8.55. The Balaban J connectivity index is 1.56. The van der Waals surface area contributed by atoms with Crippen LogP contribution in [0.15, 0.2) is 24.7 Å². The van der Waals surface area contributed by atoms with Crippen LogP contribution in [0, 0.1) is 12.8 Å². The van der Waals surface area contributed by atoms with E-state index in [0.717, 1.165) is 30.1 Å². The second-order valence-electron chi connectivity index (χ2n) is 11.5. The van der Waals surface area contributed by atoms with Crippen LogP contribution in [-0.2, 0) is 21.1 Å². The first kappa shape index (κ1) is 28.5. The van der Waals surface area contributed by atoms with Crippen molar-refractivity contribution in [1.82, 2.24) is 24.6 Å². The average Bonchev–Trinajstić information content (AvgIpc) is 3.32. The Morgan fingerprint density at radius 3 is 2.67 bits per heavy atom. The Morgan fingerprint density at radius 2 is 1.95 bits per heavy atom. The lowest BCUT2D eigenvalue weighted by Gasteiger charge is -2.38. The number of fused-ring (bicyclic) bond motifs is 1. The fourth-order valence-corrected chi connectivity index (χ4v) is 5.54. The van der Waals surface area contributed by atoms with E-state index in [9.17, 15) is 9.59 Å². The summed E-state index contributed by atoms with van der Waals surface area (Å²) in [7, 11) is 0.352. The number of hydrogen-bond donors (Lipinski definition) is 2. The van der Waals surface area contributed by atoms with E-state index in [0.29, 0.717) is 35.5 Å². The Morgan fingerprint density at radius 1 is 1.18 bits per heavy atom. The molecule has 3 aromatic heterocycles. The number of aromatic nitrogens is 4. The van der Waals surface area contributed by atoms with E-state index in [4.69, 9.17) is 15.2 Å². The van der Waals surface area contributed by atoms with E-state index in [2.05, 4.69) is 46.9 Å². The topological polar surface area (TPSA) is 137 Å². The molecule has 0 saturated carbocycles. The second kappa shape index (κ2) is 11.7. The summed E-state index contributed by atoms with van der Waals surface area (Å²) in [5.41, 5.74) is 8.61. The first-order valence-electron chi connectivity index (χ1n) is 13.3. The number of methoxy groups -OCH3 is 1. The third-order valence-corrected chi connectivity index (χ3v) is 8.80. The van der Waals surface area contributed by atoms with Crippen molar-refractivity contribution in [3.63, 3.8) is 0 Å². The third kappa shape index (κ3) is 6.56. The summed E-state index contributed by atoms with van der Waals surface area (Å²) < 4.78 is 13.0. The smallest absolute Gasteiger partial charge is 0.314 e. The predicted octanol–water partition coefficient (Wildman–Crippen LogP) is 3.98. The van der Waals surface area contributed by atoms with Crippen molar-refractivity contribution >= 4 is 42.3 Å². The van der Waals surface area contributed by atoms with Gasteiger partial charge >= 0.3 is 11.8 Å². The van der Waals surface area contributed by atoms with E-state index >= 15 is 0 Å². The van der Waals surface area contributed by atoms with Crippen LogP contribution in [0.3, 0.4) is 0 Å². The molecule has 0 radical (unpaired) electrons. The first-order valence-corrected chi connectivity index (χ1v) is 17.0. The fourth-order valence-electron chi connectivity index (χ4n) is 4.79. The van der Waals surface area contributed by atoms with Crippen molar-refractivity contribution in [3.05, 3.63) is 35.9 Å². The molecule has 0 aliphatic carbocycles. The summed E-state index contributed by atoms with van der Waals surface area (Å²) in [6.45, 7) is 12.1. The number of amides is 2. The maximum atomic E-state index is 13.6. The summed E-state index contributed by atoms with van der Waals surface area (Å²) >= 11 is 0. The molecule has 0 bridgehead atoms. The molecular weight excluding hydrogens is 514 g/mol. The molecule has 12 heteroatoms. The monoisotopic (exact) mass is 553 g/mol. The normalized spacial score (nSPS) is 17.8. The Bertz CT molecular complexity index is 1350. The summed E-state index contributed by atoms with van der Waals surface area (Å²) in [5.74, 6) is -0.167. The fraction of sp³-hybridized carbons (Fsp3) is 0.519. The number of pyridine rings is 2. The summed E-state index contributed by atoms with van der Waals surface area (Å²) in [6.07, 6.45) is 6.46. The number of ether oxygens (including phenoxy) is 2. The number of nitrogen functional groups attached to an aromatic ring is 1. The van der Waals surface area contributed by atoms with Gasteiger partial charge in [0.15, 0.2) is 0 Å².